The first-order valence-electron chi connectivity index (χ1n) is 17.2. The van der Waals surface area contributed by atoms with E-state index in [1.165, 1.54) is 18.4 Å². The molecule has 0 aliphatic rings. The van der Waals surface area contributed by atoms with E-state index in [4.69, 9.17) is 18.4 Å². The minimum Gasteiger partial charge on any atom is -0.778 e. The second kappa shape index (κ2) is 24.0. The second-order valence-electron chi connectivity index (χ2n) is 13.4. The van der Waals surface area contributed by atoms with Crippen LogP contribution in [0.4, 0.5) is 8.78 Å². The molecule has 3 rings (SSSR count). The van der Waals surface area contributed by atoms with Gasteiger partial charge in [0.25, 0.3) is 5.97 Å². The molecule has 3 atom stereocenters. The molecule has 0 aliphatic heterocycles. The van der Waals surface area contributed by atoms with Gasteiger partial charge in [-0.1, -0.05) is 76.6 Å². The average Bonchev–Trinajstić information content (AvgIpc) is 3.50. The van der Waals surface area contributed by atoms with Crippen LogP contribution in [0, 0.1) is 17.0 Å². The van der Waals surface area contributed by atoms with Crippen molar-refractivity contribution in [1.82, 2.24) is 20.1 Å². The van der Waals surface area contributed by atoms with Crippen LogP contribution in [-0.4, -0.2) is 82.9 Å². The Morgan fingerprint density at radius 1 is 1.02 bits per heavy atom. The number of hydrogen-bond donors (Lipinski definition) is 4. The number of halogens is 2. The number of aliphatic hydroxyl groups excluding tert-OH is 1. The fourth-order valence-corrected chi connectivity index (χ4v) is 5.73. The number of amides is 3. The van der Waals surface area contributed by atoms with Crippen LogP contribution in [0.15, 0.2) is 60.8 Å². The fourth-order valence-electron chi connectivity index (χ4n) is 5.48. The van der Waals surface area contributed by atoms with Crippen LogP contribution in [0.25, 0.3) is 11.1 Å². The number of aromatic nitrogens is 1. The van der Waals surface area contributed by atoms with Gasteiger partial charge in [0.15, 0.2) is 0 Å². The van der Waals surface area contributed by atoms with Gasteiger partial charge in [-0.15, -0.1) is 0 Å². The standard InChI is InChI=1S/C35H45F2N5O6S.C3H8.K/c1-35(2,3)32(28-16-23(25-17-24(36)10-11-26(25)37)20-41(28)19-22-8-6-5-7-9-22)42(31(45)21-43)15-12-27(38)33(46)40-14-13-39-30(44)18-29(49)34(47)48-4;1-3-2;/h5-11,16-17,20,27,29,32,43,49H,12-15,18-19,21,38H2,1-4H3,(H,39,44)(H,40,46);3H2,1-2H3;/q;;+1/p-1. The van der Waals surface area contributed by atoms with E-state index in [0.717, 1.165) is 23.8 Å². The van der Waals surface area contributed by atoms with Crippen molar-refractivity contribution in [2.45, 2.75) is 77.8 Å². The van der Waals surface area contributed by atoms with Gasteiger partial charge in [-0.3, -0.25) is 19.2 Å². The summed E-state index contributed by atoms with van der Waals surface area (Å²) in [5.74, 6) is -3.50. The summed E-state index contributed by atoms with van der Waals surface area (Å²) in [5, 5.41) is 14.2. The van der Waals surface area contributed by atoms with Gasteiger partial charge in [0.2, 0.25) is 17.7 Å². The monoisotopic (exact) mass is 783 g/mol. The number of hydrogen-bond acceptors (Lipinski definition) is 8. The zero-order valence-electron chi connectivity index (χ0n) is 31.8. The number of rotatable bonds is 16. The van der Waals surface area contributed by atoms with Gasteiger partial charge in [0.05, 0.1) is 19.2 Å². The smallest absolute Gasteiger partial charge is 0.778 e. The Morgan fingerprint density at radius 3 is 2.23 bits per heavy atom. The molecular weight excluding hydrogens is 732 g/mol. The average molecular weight is 784 g/mol. The van der Waals surface area contributed by atoms with Gasteiger partial charge in [0.1, 0.15) is 18.2 Å². The molecule has 11 nitrogen and oxygen atoms in total. The van der Waals surface area contributed by atoms with Gasteiger partial charge < -0.3 is 48.3 Å². The quantitative estimate of drug-likeness (QED) is 0.0733. The Morgan fingerprint density at radius 2 is 1.64 bits per heavy atom. The zero-order valence-corrected chi connectivity index (χ0v) is 35.7. The van der Waals surface area contributed by atoms with Crippen molar-refractivity contribution in [2.24, 2.45) is 11.1 Å². The van der Waals surface area contributed by atoms with E-state index in [9.17, 15) is 33.1 Å². The third kappa shape index (κ3) is 15.6. The van der Waals surface area contributed by atoms with Crippen molar-refractivity contribution in [1.29, 1.82) is 0 Å². The van der Waals surface area contributed by atoms with Gasteiger partial charge in [0, 0.05) is 55.6 Å². The molecular formula is C38H52F2KN5O6S. The van der Waals surface area contributed by atoms with Gasteiger partial charge in [-0.2, -0.15) is 0 Å². The van der Waals surface area contributed by atoms with E-state index in [0.29, 0.717) is 17.8 Å². The summed E-state index contributed by atoms with van der Waals surface area (Å²) in [7, 11) is 1.18. The molecule has 1 heterocycles. The Labute approximate surface area is 359 Å². The van der Waals surface area contributed by atoms with Crippen LogP contribution >= 0.6 is 0 Å². The predicted molar refractivity (Wildman–Crippen MR) is 199 cm³/mol. The number of carbonyl (C=O) groups excluding carboxylic acids is 4. The molecule has 0 saturated heterocycles. The molecule has 3 amide bonds. The molecule has 0 saturated carbocycles. The van der Waals surface area contributed by atoms with Crippen molar-refractivity contribution in [3.63, 3.8) is 0 Å². The number of nitrogens with two attached hydrogens (primary N) is 1. The maximum atomic E-state index is 15.0. The van der Waals surface area contributed by atoms with E-state index >= 15 is 0 Å². The van der Waals surface area contributed by atoms with Crippen molar-refractivity contribution in [3.8, 4) is 11.1 Å². The maximum Gasteiger partial charge on any atom is 1.00 e. The Bertz CT molecular complexity index is 1620. The molecule has 0 spiro atoms. The largest absolute Gasteiger partial charge is 1.00 e. The first-order valence-corrected chi connectivity index (χ1v) is 17.7. The van der Waals surface area contributed by atoms with E-state index < -0.39 is 64.7 Å². The summed E-state index contributed by atoms with van der Waals surface area (Å²) < 4.78 is 35.6. The summed E-state index contributed by atoms with van der Waals surface area (Å²) in [5.41, 5.74) is 7.57. The number of aliphatic hydroxyl groups is 1. The molecule has 15 heteroatoms. The van der Waals surface area contributed by atoms with Crippen molar-refractivity contribution in [3.05, 3.63) is 83.7 Å². The van der Waals surface area contributed by atoms with Crippen molar-refractivity contribution < 1.29 is 89.2 Å². The summed E-state index contributed by atoms with van der Waals surface area (Å²) in [4.78, 5) is 51.1. The molecule has 1 aromatic heterocycles. The molecule has 0 radical (unpaired) electrons. The molecule has 2 aromatic carbocycles. The van der Waals surface area contributed by atoms with Gasteiger partial charge >= 0.3 is 51.4 Å². The van der Waals surface area contributed by atoms with Gasteiger partial charge in [-0.05, 0) is 41.7 Å². The minimum atomic E-state index is -1.05. The first kappa shape index (κ1) is 48.4. The minimum absolute atomic E-state index is 0. The topological polar surface area (TPSA) is 156 Å². The van der Waals surface area contributed by atoms with Crippen LogP contribution in [0.3, 0.4) is 0 Å². The van der Waals surface area contributed by atoms with E-state index in [1.54, 1.807) is 12.3 Å². The molecule has 3 unspecified atom stereocenters. The number of esters is 1. The SMILES string of the molecule is CCC.COC(=O)C([S-])CC(=O)NCCNC(=O)C(N)CCN(C(=O)CO)C(c1cc(-c2cc(F)ccc2F)cn1Cc1ccccc1)C(C)(C)C.[K+]. The third-order valence-electron chi connectivity index (χ3n) is 7.83. The zero-order chi connectivity index (χ0) is 39.0. The van der Waals surface area contributed by atoms with Crippen LogP contribution < -0.4 is 67.8 Å². The third-order valence-corrected chi connectivity index (χ3v) is 8.19. The number of carbonyl (C=O) groups is 4. The number of methoxy groups -OCH3 is 1. The number of nitrogens with zero attached hydrogens (tertiary/aromatic N) is 2. The normalized spacial score (nSPS) is 12.6. The summed E-state index contributed by atoms with van der Waals surface area (Å²) in [6, 6.07) is 12.7. The van der Waals surface area contributed by atoms with E-state index in [1.807, 2.05) is 55.7 Å². The van der Waals surface area contributed by atoms with Crippen LogP contribution in [0.5, 0.6) is 0 Å². The maximum absolute atomic E-state index is 15.0. The van der Waals surface area contributed by atoms with Crippen molar-refractivity contribution in [2.75, 3.05) is 33.4 Å². The summed E-state index contributed by atoms with van der Waals surface area (Å²) in [6.45, 7) is 9.65. The number of ether oxygens (including phenoxy) is 1. The molecule has 286 valence electrons. The molecule has 0 bridgehead atoms. The fraction of sp³-hybridized carbons (Fsp3) is 0.474. The molecule has 3 aromatic rings. The van der Waals surface area contributed by atoms with Crippen LogP contribution in [0.2, 0.25) is 0 Å². The van der Waals surface area contributed by atoms with E-state index in [-0.39, 0.29) is 89.4 Å². The second-order valence-corrected chi connectivity index (χ2v) is 13.9. The summed E-state index contributed by atoms with van der Waals surface area (Å²) in [6.07, 6.45) is 2.74. The Balaban J connectivity index is 0.00000339. The number of benzene rings is 2. The van der Waals surface area contributed by atoms with Gasteiger partial charge in [-0.25, -0.2) is 8.78 Å². The Hall–Kier alpha value is -2.63. The molecule has 0 aliphatic carbocycles. The molecule has 0 fully saturated rings. The van der Waals surface area contributed by atoms with E-state index in [2.05, 4.69) is 29.2 Å². The van der Waals surface area contributed by atoms with Crippen LogP contribution in [0.1, 0.15) is 71.2 Å². The first-order chi connectivity index (χ1) is 24.6. The van der Waals surface area contributed by atoms with Crippen molar-refractivity contribution >= 4 is 36.3 Å². The summed E-state index contributed by atoms with van der Waals surface area (Å²) >= 11 is 4.91. The molecule has 5 N–H and O–H groups in total. The number of nitrogens with one attached hydrogen (secondary N) is 2. The molecule has 53 heavy (non-hydrogen) atoms. The van der Waals surface area contributed by atoms with Crippen LogP contribution in [-0.2, 0) is 43.1 Å². The Kier molecular flexibility index (Phi) is 21.9. The predicted octanol–water partition coefficient (Wildman–Crippen LogP) is 1.24.